The summed E-state index contributed by atoms with van der Waals surface area (Å²) in [4.78, 5) is 26.9. The summed E-state index contributed by atoms with van der Waals surface area (Å²) in [7, 11) is 0. The normalized spacial score (nSPS) is 12.7. The second kappa shape index (κ2) is 14.1. The molecule has 0 saturated heterocycles. The van der Waals surface area contributed by atoms with Crippen molar-refractivity contribution in [2.24, 2.45) is 11.8 Å². The Morgan fingerprint density at radius 2 is 1.32 bits per heavy atom. The summed E-state index contributed by atoms with van der Waals surface area (Å²) in [6, 6.07) is -0.545. The maximum Gasteiger partial charge on any atom is 0.323 e. The molecule has 0 spiro atoms. The average molecular weight is 358 g/mol. The molecule has 0 aromatic carbocycles. The number of ether oxygens (including phenoxy) is 2. The molecule has 5 heteroatoms. The number of hydrogen-bond donors (Lipinski definition) is 0. The minimum absolute atomic E-state index is 0.0665. The first-order valence-electron chi connectivity index (χ1n) is 9.88. The van der Waals surface area contributed by atoms with Gasteiger partial charge in [0.25, 0.3) is 0 Å². The van der Waals surface area contributed by atoms with Gasteiger partial charge in [0.2, 0.25) is 0 Å². The fraction of sp³-hybridized carbons (Fsp3) is 0.900. The van der Waals surface area contributed by atoms with Gasteiger partial charge in [0.1, 0.15) is 6.04 Å². The van der Waals surface area contributed by atoms with E-state index in [1.54, 1.807) is 0 Å². The van der Waals surface area contributed by atoms with E-state index < -0.39 is 6.04 Å². The van der Waals surface area contributed by atoms with Crippen LogP contribution in [-0.2, 0) is 19.1 Å². The largest absolute Gasteiger partial charge is 0.465 e. The standard InChI is InChI=1S/C20H39NO4/c1-7-9-11-21(12-10-8-2)18(20(23)25-15-17(5)6)13-19(22)24-14-16(3)4/h16-18H,7-15H2,1-6H3. The predicted octanol–water partition coefficient (Wildman–Crippen LogP) is 4.05. The highest BCUT2D eigenvalue weighted by Crippen LogP contribution is 2.13. The molecule has 0 bridgehead atoms. The molecule has 0 rings (SSSR count). The van der Waals surface area contributed by atoms with Crippen LogP contribution in [-0.4, -0.2) is 49.2 Å². The molecule has 148 valence electrons. The van der Waals surface area contributed by atoms with Crippen LogP contribution in [0.1, 0.15) is 73.6 Å². The van der Waals surface area contributed by atoms with Gasteiger partial charge in [0, 0.05) is 0 Å². The maximum absolute atomic E-state index is 12.6. The number of carbonyl (C=O) groups is 2. The van der Waals surface area contributed by atoms with Gasteiger partial charge in [0.15, 0.2) is 0 Å². The Balaban J connectivity index is 5.02. The third-order valence-electron chi connectivity index (χ3n) is 3.81. The number of unbranched alkanes of at least 4 members (excludes halogenated alkanes) is 2. The topological polar surface area (TPSA) is 55.8 Å². The molecule has 1 atom stereocenters. The summed E-state index contributed by atoms with van der Waals surface area (Å²) in [5.41, 5.74) is 0. The van der Waals surface area contributed by atoms with Gasteiger partial charge < -0.3 is 9.47 Å². The fourth-order valence-electron chi connectivity index (χ4n) is 2.33. The number of esters is 2. The second-order valence-electron chi connectivity index (χ2n) is 7.56. The van der Waals surface area contributed by atoms with Crippen LogP contribution in [0.4, 0.5) is 0 Å². The molecule has 0 aromatic heterocycles. The summed E-state index contributed by atoms with van der Waals surface area (Å²) in [5, 5.41) is 0. The Labute approximate surface area is 154 Å². The van der Waals surface area contributed by atoms with Crippen molar-refractivity contribution in [3.63, 3.8) is 0 Å². The minimum atomic E-state index is -0.545. The van der Waals surface area contributed by atoms with E-state index in [-0.39, 0.29) is 30.2 Å². The van der Waals surface area contributed by atoms with E-state index >= 15 is 0 Å². The monoisotopic (exact) mass is 357 g/mol. The Morgan fingerprint density at radius 1 is 0.840 bits per heavy atom. The van der Waals surface area contributed by atoms with Crippen LogP contribution >= 0.6 is 0 Å². The number of nitrogens with zero attached hydrogens (tertiary/aromatic N) is 1. The molecule has 0 amide bonds. The first-order valence-corrected chi connectivity index (χ1v) is 9.88. The number of carbonyl (C=O) groups excluding carboxylic acids is 2. The average Bonchev–Trinajstić information content (AvgIpc) is 2.56. The minimum Gasteiger partial charge on any atom is -0.465 e. The van der Waals surface area contributed by atoms with E-state index in [1.165, 1.54) is 0 Å². The lowest BCUT2D eigenvalue weighted by molar-refractivity contribution is -0.158. The molecule has 0 saturated carbocycles. The highest BCUT2D eigenvalue weighted by Gasteiger charge is 2.30. The molecule has 5 nitrogen and oxygen atoms in total. The molecule has 25 heavy (non-hydrogen) atoms. The third-order valence-corrected chi connectivity index (χ3v) is 3.81. The first-order chi connectivity index (χ1) is 11.8. The molecule has 0 aliphatic rings. The summed E-state index contributed by atoms with van der Waals surface area (Å²) in [5.74, 6) is -0.0654. The van der Waals surface area contributed by atoms with E-state index in [4.69, 9.17) is 9.47 Å². The van der Waals surface area contributed by atoms with Crippen molar-refractivity contribution < 1.29 is 19.1 Å². The molecule has 0 heterocycles. The number of rotatable bonds is 14. The molecule has 0 aliphatic heterocycles. The van der Waals surface area contributed by atoms with Gasteiger partial charge >= 0.3 is 11.9 Å². The predicted molar refractivity (Wildman–Crippen MR) is 101 cm³/mol. The van der Waals surface area contributed by atoms with Gasteiger partial charge in [-0.25, -0.2) is 0 Å². The molecule has 0 N–H and O–H groups in total. The second-order valence-corrected chi connectivity index (χ2v) is 7.56. The Hall–Kier alpha value is -1.10. The Morgan fingerprint density at radius 3 is 1.76 bits per heavy atom. The SMILES string of the molecule is CCCCN(CCCC)C(CC(=O)OCC(C)C)C(=O)OCC(C)C. The van der Waals surface area contributed by atoms with Gasteiger partial charge in [-0.05, 0) is 37.8 Å². The molecule has 0 aromatic rings. The smallest absolute Gasteiger partial charge is 0.323 e. The molecule has 0 radical (unpaired) electrons. The molecule has 0 fully saturated rings. The van der Waals surface area contributed by atoms with Crippen molar-refractivity contribution in [1.29, 1.82) is 0 Å². The highest BCUT2D eigenvalue weighted by atomic mass is 16.5. The molecule has 0 aliphatic carbocycles. The van der Waals surface area contributed by atoms with Gasteiger partial charge in [0.05, 0.1) is 19.6 Å². The zero-order valence-electron chi connectivity index (χ0n) is 17.2. The van der Waals surface area contributed by atoms with E-state index in [2.05, 4.69) is 18.7 Å². The Bertz CT molecular complexity index is 361. The summed E-state index contributed by atoms with van der Waals surface area (Å²) in [6.07, 6.45) is 4.16. The van der Waals surface area contributed by atoms with Crippen LogP contribution in [0.25, 0.3) is 0 Å². The zero-order valence-corrected chi connectivity index (χ0v) is 17.2. The molecule has 1 unspecified atom stereocenters. The van der Waals surface area contributed by atoms with Crippen LogP contribution in [0.2, 0.25) is 0 Å². The van der Waals surface area contributed by atoms with Crippen LogP contribution in [0.5, 0.6) is 0 Å². The van der Waals surface area contributed by atoms with Crippen molar-refractivity contribution in [2.75, 3.05) is 26.3 Å². The van der Waals surface area contributed by atoms with Crippen molar-refractivity contribution in [2.45, 2.75) is 79.7 Å². The van der Waals surface area contributed by atoms with E-state index in [0.717, 1.165) is 38.8 Å². The van der Waals surface area contributed by atoms with E-state index in [0.29, 0.717) is 13.2 Å². The summed E-state index contributed by atoms with van der Waals surface area (Å²) in [6.45, 7) is 14.6. The van der Waals surface area contributed by atoms with Crippen molar-refractivity contribution in [1.82, 2.24) is 4.90 Å². The van der Waals surface area contributed by atoms with Crippen molar-refractivity contribution >= 4 is 11.9 Å². The first kappa shape index (κ1) is 23.9. The number of hydrogen-bond acceptors (Lipinski definition) is 5. The lowest BCUT2D eigenvalue weighted by Gasteiger charge is -2.30. The molecular weight excluding hydrogens is 318 g/mol. The maximum atomic E-state index is 12.6. The summed E-state index contributed by atoms with van der Waals surface area (Å²) >= 11 is 0. The van der Waals surface area contributed by atoms with Gasteiger partial charge in [-0.3, -0.25) is 14.5 Å². The fourth-order valence-corrected chi connectivity index (χ4v) is 2.33. The molecular formula is C20H39NO4. The highest BCUT2D eigenvalue weighted by molar-refractivity contribution is 5.82. The quantitative estimate of drug-likeness (QED) is 0.439. The van der Waals surface area contributed by atoms with Crippen LogP contribution < -0.4 is 0 Å². The third kappa shape index (κ3) is 12.0. The summed E-state index contributed by atoms with van der Waals surface area (Å²) < 4.78 is 10.7. The van der Waals surface area contributed by atoms with Gasteiger partial charge in [-0.2, -0.15) is 0 Å². The van der Waals surface area contributed by atoms with Gasteiger partial charge in [-0.1, -0.05) is 54.4 Å². The lowest BCUT2D eigenvalue weighted by atomic mass is 10.1. The zero-order chi connectivity index (χ0) is 19.2. The van der Waals surface area contributed by atoms with Crippen molar-refractivity contribution in [3.8, 4) is 0 Å². The van der Waals surface area contributed by atoms with Crippen LogP contribution in [0, 0.1) is 11.8 Å². The van der Waals surface area contributed by atoms with Crippen molar-refractivity contribution in [3.05, 3.63) is 0 Å². The van der Waals surface area contributed by atoms with Gasteiger partial charge in [-0.15, -0.1) is 0 Å². The van der Waals surface area contributed by atoms with E-state index in [1.807, 2.05) is 27.7 Å². The van der Waals surface area contributed by atoms with Crippen LogP contribution in [0.15, 0.2) is 0 Å². The lowest BCUT2D eigenvalue weighted by Crippen LogP contribution is -2.45. The Kier molecular flexibility index (Phi) is 13.5. The van der Waals surface area contributed by atoms with Crippen LogP contribution in [0.3, 0.4) is 0 Å². The van der Waals surface area contributed by atoms with E-state index in [9.17, 15) is 9.59 Å².